The van der Waals surface area contributed by atoms with E-state index in [2.05, 4.69) is 4.98 Å². The van der Waals surface area contributed by atoms with Gasteiger partial charge in [0, 0.05) is 19.2 Å². The maximum atomic E-state index is 12.6. The lowest BCUT2D eigenvalue weighted by atomic mass is 10.3. The van der Waals surface area contributed by atoms with E-state index in [-0.39, 0.29) is 17.8 Å². The summed E-state index contributed by atoms with van der Waals surface area (Å²) < 4.78 is 6.64. The topological polar surface area (TPSA) is 84.7 Å². The SMILES string of the molecule is O=C(O)Cc1nc(N2CCOCC2)cc(=O)n1-c1ccccc1. The zero-order chi connectivity index (χ0) is 16.2. The molecule has 2 heterocycles. The van der Waals surface area contributed by atoms with E-state index in [1.807, 2.05) is 11.0 Å². The minimum atomic E-state index is -1.03. The number of carbonyl (C=O) groups is 1. The summed E-state index contributed by atoms with van der Waals surface area (Å²) in [6.45, 7) is 2.40. The summed E-state index contributed by atoms with van der Waals surface area (Å²) in [5.74, 6) is -0.305. The molecule has 1 aromatic heterocycles. The van der Waals surface area contributed by atoms with Crippen LogP contribution in [-0.2, 0) is 16.0 Å². The minimum Gasteiger partial charge on any atom is -0.481 e. The highest BCUT2D eigenvalue weighted by Gasteiger charge is 2.18. The third kappa shape index (κ3) is 3.40. The largest absolute Gasteiger partial charge is 0.481 e. The van der Waals surface area contributed by atoms with Crippen LogP contribution >= 0.6 is 0 Å². The Balaban J connectivity index is 2.08. The second kappa shape index (κ2) is 6.62. The number of carboxylic acid groups (broad SMARTS) is 1. The van der Waals surface area contributed by atoms with Crippen molar-refractivity contribution in [2.75, 3.05) is 31.2 Å². The maximum Gasteiger partial charge on any atom is 0.311 e. The molecule has 0 spiro atoms. The monoisotopic (exact) mass is 315 g/mol. The van der Waals surface area contributed by atoms with E-state index in [0.717, 1.165) is 0 Å². The lowest BCUT2D eigenvalue weighted by Crippen LogP contribution is -2.38. The van der Waals surface area contributed by atoms with Gasteiger partial charge in [0.2, 0.25) is 0 Å². The summed E-state index contributed by atoms with van der Waals surface area (Å²) in [7, 11) is 0. The number of aromatic nitrogens is 2. The van der Waals surface area contributed by atoms with Crippen LogP contribution in [0.25, 0.3) is 5.69 Å². The normalized spacial score (nSPS) is 14.7. The first kappa shape index (κ1) is 15.2. The van der Waals surface area contributed by atoms with E-state index < -0.39 is 5.97 Å². The number of hydrogen-bond donors (Lipinski definition) is 1. The van der Waals surface area contributed by atoms with Gasteiger partial charge in [-0.25, -0.2) is 4.98 Å². The van der Waals surface area contributed by atoms with Gasteiger partial charge in [0.05, 0.1) is 18.9 Å². The number of carboxylic acids is 1. The molecule has 0 atom stereocenters. The lowest BCUT2D eigenvalue weighted by Gasteiger charge is -2.28. The molecule has 1 aromatic carbocycles. The highest BCUT2D eigenvalue weighted by molar-refractivity contribution is 5.69. The molecule has 1 N–H and O–H groups in total. The molecule has 3 rings (SSSR count). The molecule has 7 heteroatoms. The number of ether oxygens (including phenoxy) is 1. The molecule has 1 saturated heterocycles. The van der Waals surface area contributed by atoms with Crippen LogP contribution in [0.3, 0.4) is 0 Å². The van der Waals surface area contributed by atoms with E-state index >= 15 is 0 Å². The van der Waals surface area contributed by atoms with E-state index in [1.54, 1.807) is 24.3 Å². The molecule has 120 valence electrons. The van der Waals surface area contributed by atoms with Gasteiger partial charge in [-0.3, -0.25) is 14.2 Å². The number of benzene rings is 1. The summed E-state index contributed by atoms with van der Waals surface area (Å²) in [6, 6.07) is 10.4. The van der Waals surface area contributed by atoms with E-state index in [0.29, 0.717) is 37.8 Å². The average molecular weight is 315 g/mol. The molecule has 1 aliphatic rings. The summed E-state index contributed by atoms with van der Waals surface area (Å²) >= 11 is 0. The van der Waals surface area contributed by atoms with Gasteiger partial charge >= 0.3 is 5.97 Å². The Morgan fingerprint density at radius 3 is 2.57 bits per heavy atom. The minimum absolute atomic E-state index is 0.220. The van der Waals surface area contributed by atoms with Gasteiger partial charge in [-0.15, -0.1) is 0 Å². The second-order valence-electron chi connectivity index (χ2n) is 5.21. The molecule has 0 bridgehead atoms. The fourth-order valence-electron chi connectivity index (χ4n) is 2.58. The van der Waals surface area contributed by atoms with Gasteiger partial charge in [0.15, 0.2) is 0 Å². The first-order chi connectivity index (χ1) is 11.1. The van der Waals surface area contributed by atoms with Gasteiger partial charge in [-0.1, -0.05) is 18.2 Å². The first-order valence-corrected chi connectivity index (χ1v) is 7.38. The molecule has 23 heavy (non-hydrogen) atoms. The lowest BCUT2D eigenvalue weighted by molar-refractivity contribution is -0.136. The maximum absolute atomic E-state index is 12.6. The van der Waals surface area contributed by atoms with Crippen molar-refractivity contribution in [2.45, 2.75) is 6.42 Å². The molecule has 1 aliphatic heterocycles. The molecule has 0 unspecified atom stereocenters. The van der Waals surface area contributed by atoms with Crippen LogP contribution < -0.4 is 10.5 Å². The summed E-state index contributed by atoms with van der Waals surface area (Å²) in [5, 5.41) is 9.14. The van der Waals surface area contributed by atoms with Crippen molar-refractivity contribution in [3.8, 4) is 5.69 Å². The van der Waals surface area contributed by atoms with Crippen LogP contribution in [0.2, 0.25) is 0 Å². The van der Waals surface area contributed by atoms with Gasteiger partial charge in [0.1, 0.15) is 18.1 Å². The summed E-state index contributed by atoms with van der Waals surface area (Å²) in [6.07, 6.45) is -0.317. The third-order valence-electron chi connectivity index (χ3n) is 3.63. The number of aliphatic carboxylic acids is 1. The van der Waals surface area contributed by atoms with Crippen LogP contribution in [0.5, 0.6) is 0 Å². The number of para-hydroxylation sites is 1. The highest BCUT2D eigenvalue weighted by atomic mass is 16.5. The van der Waals surface area contributed by atoms with Gasteiger partial charge < -0.3 is 14.7 Å². The predicted octanol–water partition coefficient (Wildman–Crippen LogP) is 0.696. The zero-order valence-corrected chi connectivity index (χ0v) is 12.5. The van der Waals surface area contributed by atoms with Gasteiger partial charge in [0.25, 0.3) is 5.56 Å². The van der Waals surface area contributed by atoms with E-state index in [9.17, 15) is 9.59 Å². The fourth-order valence-corrected chi connectivity index (χ4v) is 2.58. The Morgan fingerprint density at radius 2 is 1.91 bits per heavy atom. The number of anilines is 1. The average Bonchev–Trinajstić information content (AvgIpc) is 2.55. The molecule has 0 aliphatic carbocycles. The second-order valence-corrected chi connectivity index (χ2v) is 5.21. The van der Waals surface area contributed by atoms with Crippen molar-refractivity contribution < 1.29 is 14.6 Å². The van der Waals surface area contributed by atoms with Crippen LogP contribution in [0.4, 0.5) is 5.82 Å². The third-order valence-corrected chi connectivity index (χ3v) is 3.63. The van der Waals surface area contributed by atoms with Gasteiger partial charge in [-0.2, -0.15) is 0 Å². The van der Waals surface area contributed by atoms with Crippen LogP contribution in [-0.4, -0.2) is 46.9 Å². The Kier molecular flexibility index (Phi) is 4.38. The number of hydrogen-bond acceptors (Lipinski definition) is 5. The highest BCUT2D eigenvalue weighted by Crippen LogP contribution is 2.14. The zero-order valence-electron chi connectivity index (χ0n) is 12.5. The molecular formula is C16H17N3O4. The van der Waals surface area contributed by atoms with E-state index in [1.165, 1.54) is 10.6 Å². The van der Waals surface area contributed by atoms with Gasteiger partial charge in [-0.05, 0) is 12.1 Å². The summed E-state index contributed by atoms with van der Waals surface area (Å²) in [4.78, 5) is 30.1. The van der Waals surface area contributed by atoms with Crippen molar-refractivity contribution in [1.82, 2.24) is 9.55 Å². The number of nitrogens with zero attached hydrogens (tertiary/aromatic N) is 3. The fraction of sp³-hybridized carbons (Fsp3) is 0.312. The Hall–Kier alpha value is -2.67. The Labute approximate surface area is 132 Å². The van der Waals surface area contributed by atoms with Crippen LogP contribution in [0.15, 0.2) is 41.2 Å². The molecule has 1 fully saturated rings. The van der Waals surface area contributed by atoms with Crippen molar-refractivity contribution in [1.29, 1.82) is 0 Å². The summed E-state index contributed by atoms with van der Waals surface area (Å²) in [5.41, 5.74) is 0.318. The number of rotatable bonds is 4. The number of morpholine rings is 1. The molecule has 2 aromatic rings. The smallest absolute Gasteiger partial charge is 0.311 e. The molecule has 7 nitrogen and oxygen atoms in total. The van der Waals surface area contributed by atoms with Crippen LogP contribution in [0, 0.1) is 0 Å². The first-order valence-electron chi connectivity index (χ1n) is 7.38. The van der Waals surface area contributed by atoms with Crippen molar-refractivity contribution >= 4 is 11.8 Å². The molecular weight excluding hydrogens is 298 g/mol. The van der Waals surface area contributed by atoms with Crippen molar-refractivity contribution in [3.63, 3.8) is 0 Å². The Morgan fingerprint density at radius 1 is 1.22 bits per heavy atom. The van der Waals surface area contributed by atoms with E-state index in [4.69, 9.17) is 9.84 Å². The predicted molar refractivity (Wildman–Crippen MR) is 84.2 cm³/mol. The molecule has 0 saturated carbocycles. The van der Waals surface area contributed by atoms with Crippen LogP contribution in [0.1, 0.15) is 5.82 Å². The molecule has 0 radical (unpaired) electrons. The Bertz CT molecular complexity index is 752. The van der Waals surface area contributed by atoms with Crippen molar-refractivity contribution in [3.05, 3.63) is 52.6 Å². The van der Waals surface area contributed by atoms with Crippen molar-refractivity contribution in [2.24, 2.45) is 0 Å². The standard InChI is InChI=1S/C16H17N3O4/c20-15-10-13(18-6-8-23-9-7-18)17-14(11-16(21)22)19(15)12-4-2-1-3-5-12/h1-5,10H,6-9,11H2,(H,21,22). The molecule has 0 amide bonds. The quantitative estimate of drug-likeness (QED) is 0.894.